The zero-order chi connectivity index (χ0) is 38.9. The molecule has 0 aromatic carbocycles. The fourth-order valence-electron chi connectivity index (χ4n) is 6.08. The van der Waals surface area contributed by atoms with Crippen LogP contribution in [0.2, 0.25) is 0 Å². The normalized spacial score (nSPS) is 13.5. The molecule has 0 aromatic rings. The van der Waals surface area contributed by atoms with Gasteiger partial charge in [0, 0.05) is 19.4 Å². The van der Waals surface area contributed by atoms with Crippen molar-refractivity contribution in [3.63, 3.8) is 0 Å². The summed E-state index contributed by atoms with van der Waals surface area (Å²) in [6.45, 7) is 3.71. The summed E-state index contributed by atoms with van der Waals surface area (Å²) in [5.74, 6) is -0.837. The number of allylic oxidation sites excluding steroid dienone is 4. The average molecular weight is 772 g/mol. The first-order chi connectivity index (χ1) is 25.8. The molecule has 0 aromatic heterocycles. The van der Waals surface area contributed by atoms with Gasteiger partial charge in [-0.3, -0.25) is 18.6 Å². The Kier molecular flexibility index (Phi) is 39.0. The molecule has 9 nitrogen and oxygen atoms in total. The van der Waals surface area contributed by atoms with E-state index in [2.05, 4.69) is 38.2 Å². The minimum Gasteiger partial charge on any atom is -0.462 e. The molecule has 0 fully saturated rings. The first-order valence-electron chi connectivity index (χ1n) is 21.8. The van der Waals surface area contributed by atoms with Crippen LogP contribution in [0.1, 0.15) is 206 Å². The number of ether oxygens (including phenoxy) is 2. The van der Waals surface area contributed by atoms with Crippen LogP contribution in [0.4, 0.5) is 0 Å². The summed E-state index contributed by atoms with van der Waals surface area (Å²) < 4.78 is 32.8. The van der Waals surface area contributed by atoms with Gasteiger partial charge in [-0.05, 0) is 44.9 Å². The van der Waals surface area contributed by atoms with Gasteiger partial charge in [-0.1, -0.05) is 173 Å². The third-order valence-corrected chi connectivity index (χ3v) is 10.3. The van der Waals surface area contributed by atoms with E-state index in [1.54, 1.807) is 0 Å². The van der Waals surface area contributed by atoms with Crippen molar-refractivity contribution in [2.24, 2.45) is 5.73 Å². The summed E-state index contributed by atoms with van der Waals surface area (Å²) in [5.41, 5.74) is 5.35. The summed E-state index contributed by atoms with van der Waals surface area (Å²) in [6.07, 6.45) is 42.0. The second-order valence-electron chi connectivity index (χ2n) is 14.6. The molecule has 0 bridgehead atoms. The summed E-state index contributed by atoms with van der Waals surface area (Å²) in [6, 6.07) is 0. The van der Waals surface area contributed by atoms with Crippen molar-refractivity contribution in [3.8, 4) is 0 Å². The molecule has 0 saturated carbocycles. The van der Waals surface area contributed by atoms with Gasteiger partial charge in [0.05, 0.1) is 13.2 Å². The first kappa shape index (κ1) is 51.5. The van der Waals surface area contributed by atoms with Crippen LogP contribution < -0.4 is 5.73 Å². The van der Waals surface area contributed by atoms with Crippen molar-refractivity contribution in [2.45, 2.75) is 213 Å². The maximum absolute atomic E-state index is 12.6. The smallest absolute Gasteiger partial charge is 0.462 e. The number of unbranched alkanes of at least 4 members (excludes halogenated alkanes) is 24. The fraction of sp³-hybridized carbons (Fsp3) is 0.860. The highest BCUT2D eigenvalue weighted by Crippen LogP contribution is 2.43. The van der Waals surface area contributed by atoms with E-state index < -0.39 is 32.5 Å². The predicted molar refractivity (Wildman–Crippen MR) is 220 cm³/mol. The standard InChI is InChI=1S/C43H82NO8P/c1-3-5-7-9-11-13-15-17-19-20-22-24-26-28-30-32-34-36-43(46)52-41(40-51-53(47,48)50-38-37-44)39-49-42(45)35-33-31-29-27-25-23-21-18-16-14-12-10-8-6-4-2/h12,14,18,21,41H,3-11,13,15-17,19-20,22-40,44H2,1-2H3,(H,47,48)/b14-12-,21-18-/t41-/m1/s1. The largest absolute Gasteiger partial charge is 0.472 e. The number of phosphoric ester groups is 1. The lowest BCUT2D eigenvalue weighted by atomic mass is 10.0. The highest BCUT2D eigenvalue weighted by atomic mass is 31.2. The summed E-state index contributed by atoms with van der Waals surface area (Å²) in [7, 11) is -4.37. The van der Waals surface area contributed by atoms with Gasteiger partial charge in [-0.15, -0.1) is 0 Å². The molecule has 3 N–H and O–H groups in total. The quantitative estimate of drug-likeness (QED) is 0.0269. The molecule has 0 spiro atoms. The van der Waals surface area contributed by atoms with E-state index in [9.17, 15) is 19.0 Å². The number of phosphoric acid groups is 1. The molecule has 0 radical (unpaired) electrons. The number of hydrogen-bond acceptors (Lipinski definition) is 8. The Bertz CT molecular complexity index is 928. The van der Waals surface area contributed by atoms with Gasteiger partial charge in [0.25, 0.3) is 0 Å². The average Bonchev–Trinajstić information content (AvgIpc) is 3.14. The Morgan fingerprint density at radius 1 is 0.566 bits per heavy atom. The number of hydrogen-bond donors (Lipinski definition) is 2. The predicted octanol–water partition coefficient (Wildman–Crippen LogP) is 12.4. The lowest BCUT2D eigenvalue weighted by molar-refractivity contribution is -0.161. The zero-order valence-electron chi connectivity index (χ0n) is 34.3. The summed E-state index contributed by atoms with van der Waals surface area (Å²) >= 11 is 0. The minimum absolute atomic E-state index is 0.0530. The number of nitrogens with two attached hydrogens (primary N) is 1. The summed E-state index contributed by atoms with van der Waals surface area (Å²) in [5, 5.41) is 0. The Labute approximate surface area is 325 Å². The summed E-state index contributed by atoms with van der Waals surface area (Å²) in [4.78, 5) is 34.8. The molecule has 0 amide bonds. The number of rotatable bonds is 41. The molecule has 0 aliphatic rings. The molecule has 312 valence electrons. The fourth-order valence-corrected chi connectivity index (χ4v) is 6.84. The van der Waals surface area contributed by atoms with Crippen LogP contribution >= 0.6 is 7.82 Å². The van der Waals surface area contributed by atoms with Crippen molar-refractivity contribution in [3.05, 3.63) is 24.3 Å². The van der Waals surface area contributed by atoms with Gasteiger partial charge >= 0.3 is 19.8 Å². The minimum atomic E-state index is -4.37. The highest BCUT2D eigenvalue weighted by Gasteiger charge is 2.26. The van der Waals surface area contributed by atoms with Gasteiger partial charge in [0.15, 0.2) is 6.10 Å². The van der Waals surface area contributed by atoms with Crippen molar-refractivity contribution in [1.29, 1.82) is 0 Å². The number of carbonyl (C=O) groups is 2. The molecule has 2 atom stereocenters. The van der Waals surface area contributed by atoms with Crippen LogP contribution in [0.25, 0.3) is 0 Å². The molecular formula is C43H82NO8P. The maximum atomic E-state index is 12.6. The topological polar surface area (TPSA) is 134 Å². The Morgan fingerprint density at radius 3 is 1.47 bits per heavy atom. The van der Waals surface area contributed by atoms with Crippen LogP contribution in [-0.4, -0.2) is 49.3 Å². The van der Waals surface area contributed by atoms with Crippen LogP contribution in [0.15, 0.2) is 24.3 Å². The van der Waals surface area contributed by atoms with E-state index in [1.807, 2.05) is 0 Å². The monoisotopic (exact) mass is 772 g/mol. The van der Waals surface area contributed by atoms with Crippen LogP contribution in [0.3, 0.4) is 0 Å². The van der Waals surface area contributed by atoms with Crippen LogP contribution in [0, 0.1) is 0 Å². The van der Waals surface area contributed by atoms with E-state index in [1.165, 1.54) is 116 Å². The second-order valence-corrected chi connectivity index (χ2v) is 16.0. The lowest BCUT2D eigenvalue weighted by Gasteiger charge is -2.19. The lowest BCUT2D eigenvalue weighted by Crippen LogP contribution is -2.29. The first-order valence-corrected chi connectivity index (χ1v) is 23.3. The van der Waals surface area contributed by atoms with Crippen molar-refractivity contribution >= 4 is 19.8 Å². The molecule has 0 aliphatic carbocycles. The molecule has 0 rings (SSSR count). The van der Waals surface area contributed by atoms with Crippen molar-refractivity contribution < 1.29 is 37.6 Å². The van der Waals surface area contributed by atoms with E-state index in [4.69, 9.17) is 24.3 Å². The van der Waals surface area contributed by atoms with E-state index in [-0.39, 0.29) is 32.6 Å². The zero-order valence-corrected chi connectivity index (χ0v) is 35.2. The van der Waals surface area contributed by atoms with E-state index in [0.717, 1.165) is 57.8 Å². The van der Waals surface area contributed by atoms with E-state index >= 15 is 0 Å². The highest BCUT2D eigenvalue weighted by molar-refractivity contribution is 7.47. The molecule has 53 heavy (non-hydrogen) atoms. The Hall–Kier alpha value is -1.51. The van der Waals surface area contributed by atoms with Crippen LogP contribution in [0.5, 0.6) is 0 Å². The third kappa shape index (κ3) is 40.0. The van der Waals surface area contributed by atoms with Gasteiger partial charge in [0.2, 0.25) is 0 Å². The molecule has 0 aliphatic heterocycles. The molecular weight excluding hydrogens is 689 g/mol. The SMILES string of the molecule is CCCCC/C=C\C/C=C\CCCCCCCC(=O)OC[C@H](COP(=O)(O)OCCN)OC(=O)CCCCCCCCCCCCCCCCCCC. The van der Waals surface area contributed by atoms with Gasteiger partial charge in [0.1, 0.15) is 6.61 Å². The third-order valence-electron chi connectivity index (χ3n) is 9.34. The molecule has 0 saturated heterocycles. The number of esters is 2. The van der Waals surface area contributed by atoms with Gasteiger partial charge < -0.3 is 20.1 Å². The molecule has 1 unspecified atom stereocenters. The van der Waals surface area contributed by atoms with Crippen molar-refractivity contribution in [2.75, 3.05) is 26.4 Å². The molecule has 0 heterocycles. The van der Waals surface area contributed by atoms with E-state index in [0.29, 0.717) is 6.42 Å². The Morgan fingerprint density at radius 2 is 0.981 bits per heavy atom. The number of carbonyl (C=O) groups excluding carboxylic acids is 2. The van der Waals surface area contributed by atoms with Crippen molar-refractivity contribution in [1.82, 2.24) is 0 Å². The van der Waals surface area contributed by atoms with Gasteiger partial charge in [-0.2, -0.15) is 0 Å². The Balaban J connectivity index is 4.14. The van der Waals surface area contributed by atoms with Crippen LogP contribution in [-0.2, 0) is 32.7 Å². The molecule has 10 heteroatoms. The maximum Gasteiger partial charge on any atom is 0.472 e. The van der Waals surface area contributed by atoms with Gasteiger partial charge in [-0.25, -0.2) is 4.57 Å². The second kappa shape index (κ2) is 40.2.